The van der Waals surface area contributed by atoms with Crippen molar-refractivity contribution in [2.45, 2.75) is 19.9 Å². The summed E-state index contributed by atoms with van der Waals surface area (Å²) in [6.07, 6.45) is 0. The van der Waals surface area contributed by atoms with Crippen LogP contribution in [-0.4, -0.2) is 18.1 Å². The normalized spacial score (nSPS) is 16.6. The first-order valence-electron chi connectivity index (χ1n) is 8.28. The summed E-state index contributed by atoms with van der Waals surface area (Å²) in [4.78, 5) is 13.0. The molecule has 0 radical (unpaired) electrons. The molecule has 1 atom stereocenters. The van der Waals surface area contributed by atoms with Crippen molar-refractivity contribution in [3.05, 3.63) is 70.9 Å². The van der Waals surface area contributed by atoms with E-state index in [1.807, 2.05) is 62.4 Å². The molecule has 2 aromatic carbocycles. The summed E-state index contributed by atoms with van der Waals surface area (Å²) >= 11 is 5.29. The van der Waals surface area contributed by atoms with Crippen LogP contribution in [0.15, 0.2) is 59.8 Å². The van der Waals surface area contributed by atoms with Crippen molar-refractivity contribution < 1.29 is 9.53 Å². The molecule has 0 bridgehead atoms. The Balaban J connectivity index is 1.94. The Bertz CT molecular complexity index is 875. The van der Waals surface area contributed by atoms with Gasteiger partial charge in [0, 0.05) is 11.4 Å². The van der Waals surface area contributed by atoms with Crippen LogP contribution in [0, 0.1) is 6.92 Å². The van der Waals surface area contributed by atoms with E-state index in [1.54, 1.807) is 7.11 Å². The highest BCUT2D eigenvalue weighted by Gasteiger charge is 2.30. The van der Waals surface area contributed by atoms with Crippen LogP contribution in [0.1, 0.15) is 24.1 Å². The van der Waals surface area contributed by atoms with Crippen molar-refractivity contribution in [1.82, 2.24) is 10.6 Å². The smallest absolute Gasteiger partial charge is 0.255 e. The molecule has 3 rings (SSSR count). The predicted octanol–water partition coefficient (Wildman–Crippen LogP) is 3.44. The van der Waals surface area contributed by atoms with Crippen LogP contribution >= 0.6 is 12.2 Å². The lowest BCUT2D eigenvalue weighted by atomic mass is 9.94. The summed E-state index contributed by atoms with van der Waals surface area (Å²) in [5, 5.41) is 9.68. The van der Waals surface area contributed by atoms with Crippen LogP contribution in [0.5, 0.6) is 5.75 Å². The van der Waals surface area contributed by atoms with Crippen LogP contribution in [0.4, 0.5) is 5.69 Å². The van der Waals surface area contributed by atoms with Crippen molar-refractivity contribution in [2.75, 3.05) is 12.4 Å². The molecule has 1 aliphatic heterocycles. The lowest BCUT2D eigenvalue weighted by Gasteiger charge is -2.30. The molecule has 0 saturated heterocycles. The van der Waals surface area contributed by atoms with Gasteiger partial charge < -0.3 is 20.7 Å². The third-order valence-electron chi connectivity index (χ3n) is 4.25. The predicted molar refractivity (Wildman–Crippen MR) is 107 cm³/mol. The van der Waals surface area contributed by atoms with Gasteiger partial charge in [-0.3, -0.25) is 4.79 Å². The van der Waals surface area contributed by atoms with Crippen molar-refractivity contribution >= 4 is 28.9 Å². The Kier molecular flexibility index (Phi) is 5.23. The number of methoxy groups -OCH3 is 1. The second kappa shape index (κ2) is 7.58. The van der Waals surface area contributed by atoms with Crippen molar-refractivity contribution in [2.24, 2.45) is 0 Å². The topological polar surface area (TPSA) is 62.4 Å². The van der Waals surface area contributed by atoms with Gasteiger partial charge in [0.05, 0.1) is 18.7 Å². The number of amides is 1. The number of carbonyl (C=O) groups excluding carboxylic acids is 1. The van der Waals surface area contributed by atoms with E-state index in [1.165, 1.54) is 0 Å². The number of nitrogens with one attached hydrogen (secondary N) is 3. The lowest BCUT2D eigenvalue weighted by molar-refractivity contribution is -0.113. The highest BCUT2D eigenvalue weighted by Crippen LogP contribution is 2.29. The third kappa shape index (κ3) is 3.86. The van der Waals surface area contributed by atoms with E-state index in [-0.39, 0.29) is 11.9 Å². The number of hydrogen-bond donors (Lipinski definition) is 3. The molecule has 0 spiro atoms. The molecule has 134 valence electrons. The number of rotatable bonds is 4. The highest BCUT2D eigenvalue weighted by atomic mass is 32.1. The molecular weight excluding hydrogens is 346 g/mol. The van der Waals surface area contributed by atoms with Gasteiger partial charge in [-0.1, -0.05) is 29.8 Å². The fourth-order valence-electron chi connectivity index (χ4n) is 2.90. The number of anilines is 1. The molecule has 26 heavy (non-hydrogen) atoms. The minimum atomic E-state index is -0.357. The average Bonchev–Trinajstić information content (AvgIpc) is 2.63. The Labute approximate surface area is 158 Å². The van der Waals surface area contributed by atoms with E-state index in [0.29, 0.717) is 10.7 Å². The van der Waals surface area contributed by atoms with E-state index in [4.69, 9.17) is 17.0 Å². The lowest BCUT2D eigenvalue weighted by Crippen LogP contribution is -2.45. The first-order valence-corrected chi connectivity index (χ1v) is 8.69. The van der Waals surface area contributed by atoms with Crippen LogP contribution in [-0.2, 0) is 4.79 Å². The highest BCUT2D eigenvalue weighted by molar-refractivity contribution is 7.80. The number of benzene rings is 2. The van der Waals surface area contributed by atoms with Gasteiger partial charge in [-0.15, -0.1) is 0 Å². The minimum absolute atomic E-state index is 0.179. The molecule has 1 heterocycles. The van der Waals surface area contributed by atoms with Crippen molar-refractivity contribution in [1.29, 1.82) is 0 Å². The maximum absolute atomic E-state index is 13.0. The Morgan fingerprint density at radius 3 is 2.58 bits per heavy atom. The number of ether oxygens (including phenoxy) is 1. The number of aryl methyl sites for hydroxylation is 1. The molecule has 1 unspecified atom stereocenters. The summed E-state index contributed by atoms with van der Waals surface area (Å²) in [7, 11) is 1.62. The molecule has 1 aliphatic rings. The summed E-state index contributed by atoms with van der Waals surface area (Å²) < 4.78 is 5.31. The van der Waals surface area contributed by atoms with Crippen LogP contribution in [0.2, 0.25) is 0 Å². The van der Waals surface area contributed by atoms with Gasteiger partial charge >= 0.3 is 0 Å². The molecule has 1 amide bonds. The number of thiocarbonyl (C=S) groups is 1. The number of carbonyl (C=O) groups is 1. The maximum atomic E-state index is 13.0. The molecule has 0 saturated carbocycles. The third-order valence-corrected chi connectivity index (χ3v) is 4.47. The molecule has 6 heteroatoms. The van der Waals surface area contributed by atoms with E-state index in [0.717, 1.165) is 28.3 Å². The summed E-state index contributed by atoms with van der Waals surface area (Å²) in [6, 6.07) is 14.9. The van der Waals surface area contributed by atoms with Crippen LogP contribution in [0.3, 0.4) is 0 Å². The largest absolute Gasteiger partial charge is 0.497 e. The fraction of sp³-hybridized carbons (Fsp3) is 0.200. The second-order valence-corrected chi connectivity index (χ2v) is 6.58. The second-order valence-electron chi connectivity index (χ2n) is 6.17. The maximum Gasteiger partial charge on any atom is 0.255 e. The van der Waals surface area contributed by atoms with Gasteiger partial charge in [-0.2, -0.15) is 0 Å². The van der Waals surface area contributed by atoms with E-state index < -0.39 is 0 Å². The Morgan fingerprint density at radius 2 is 1.88 bits per heavy atom. The average molecular weight is 367 g/mol. The first kappa shape index (κ1) is 17.9. The fourth-order valence-corrected chi connectivity index (χ4v) is 3.17. The monoisotopic (exact) mass is 367 g/mol. The van der Waals surface area contributed by atoms with Gasteiger partial charge in [0.1, 0.15) is 5.75 Å². The number of hydrogen-bond acceptors (Lipinski definition) is 3. The van der Waals surface area contributed by atoms with Crippen molar-refractivity contribution in [3.63, 3.8) is 0 Å². The van der Waals surface area contributed by atoms with E-state index in [2.05, 4.69) is 16.0 Å². The Hall–Kier alpha value is -2.86. The van der Waals surface area contributed by atoms with Gasteiger partial charge in [-0.05, 0) is 55.9 Å². The van der Waals surface area contributed by atoms with Crippen LogP contribution in [0.25, 0.3) is 0 Å². The minimum Gasteiger partial charge on any atom is -0.497 e. The molecular formula is C20H21N3O2S. The first-order chi connectivity index (χ1) is 12.5. The standard InChI is InChI=1S/C20H21N3O2S/c1-12-7-9-15(10-8-12)22-19(24)17-13(2)21-20(26)23-18(17)14-5-4-6-16(11-14)25-3/h4-11,18H,1-3H3,(H,22,24)(H2,21,23,26). The van der Waals surface area contributed by atoms with Crippen LogP contribution < -0.4 is 20.7 Å². The summed E-state index contributed by atoms with van der Waals surface area (Å²) in [5.74, 6) is 0.548. The van der Waals surface area contributed by atoms with Gasteiger partial charge in [0.2, 0.25) is 0 Å². The molecule has 3 N–H and O–H groups in total. The Morgan fingerprint density at radius 1 is 1.15 bits per heavy atom. The molecule has 5 nitrogen and oxygen atoms in total. The molecule has 0 fully saturated rings. The quantitative estimate of drug-likeness (QED) is 0.723. The summed E-state index contributed by atoms with van der Waals surface area (Å²) in [5.41, 5.74) is 4.11. The SMILES string of the molecule is COc1cccc(C2NC(=S)NC(C)=C2C(=O)Nc2ccc(C)cc2)c1. The van der Waals surface area contributed by atoms with E-state index >= 15 is 0 Å². The summed E-state index contributed by atoms with van der Waals surface area (Å²) in [6.45, 7) is 3.86. The zero-order valence-electron chi connectivity index (χ0n) is 14.9. The molecule has 2 aromatic rings. The zero-order chi connectivity index (χ0) is 18.7. The van der Waals surface area contributed by atoms with Gasteiger partial charge in [-0.25, -0.2) is 0 Å². The van der Waals surface area contributed by atoms with E-state index in [9.17, 15) is 4.79 Å². The molecule has 0 aliphatic carbocycles. The van der Waals surface area contributed by atoms with Gasteiger partial charge in [0.25, 0.3) is 5.91 Å². The zero-order valence-corrected chi connectivity index (χ0v) is 15.7. The van der Waals surface area contributed by atoms with Gasteiger partial charge in [0.15, 0.2) is 5.11 Å². The number of allylic oxidation sites excluding steroid dienone is 1. The molecule has 0 aromatic heterocycles. The van der Waals surface area contributed by atoms with Crippen molar-refractivity contribution in [3.8, 4) is 5.75 Å².